The fourth-order valence-electron chi connectivity index (χ4n) is 1.02. The molecule has 1 aromatic carbocycles. The molecule has 0 atom stereocenters. The van der Waals surface area contributed by atoms with Crippen molar-refractivity contribution in [3.8, 4) is 15.6 Å². The second-order valence-corrected chi connectivity index (χ2v) is 3.49. The van der Waals surface area contributed by atoms with Gasteiger partial charge in [-0.15, -0.1) is 0 Å². The van der Waals surface area contributed by atoms with E-state index in [4.69, 9.17) is 5.11 Å². The largest absolute Gasteiger partial charge is 0.498 e. The Labute approximate surface area is 78.3 Å². The molecule has 0 unspecified atom stereocenters. The van der Waals surface area contributed by atoms with Crippen LogP contribution in [0.3, 0.4) is 0 Å². The van der Waals surface area contributed by atoms with Gasteiger partial charge in [0.2, 0.25) is 0 Å². The molecule has 0 saturated heterocycles. The fourth-order valence-corrected chi connectivity index (χ4v) is 1.71. The molecule has 66 valence electrons. The van der Waals surface area contributed by atoms with E-state index in [9.17, 15) is 4.39 Å². The zero-order chi connectivity index (χ0) is 9.26. The lowest BCUT2D eigenvalue weighted by Crippen LogP contribution is -1.80. The summed E-state index contributed by atoms with van der Waals surface area (Å²) in [4.78, 5) is 3.88. The van der Waals surface area contributed by atoms with E-state index in [0.29, 0.717) is 10.6 Å². The Bertz CT molecular complexity index is 427. The van der Waals surface area contributed by atoms with Gasteiger partial charge in [-0.2, -0.15) is 0 Å². The number of hydrogen-bond donors (Lipinski definition) is 1. The van der Waals surface area contributed by atoms with E-state index in [1.165, 1.54) is 12.3 Å². The molecule has 0 bridgehead atoms. The highest BCUT2D eigenvalue weighted by atomic mass is 32.1. The lowest BCUT2D eigenvalue weighted by molar-refractivity contribution is 0.489. The second kappa shape index (κ2) is 3.14. The molecule has 0 spiro atoms. The van der Waals surface area contributed by atoms with E-state index in [-0.39, 0.29) is 10.9 Å². The SMILES string of the molecule is Oc1cnc(-c2ccccc2F)s1. The summed E-state index contributed by atoms with van der Waals surface area (Å²) in [7, 11) is 0. The zero-order valence-corrected chi connectivity index (χ0v) is 7.38. The lowest BCUT2D eigenvalue weighted by atomic mass is 10.2. The minimum absolute atomic E-state index is 0.0956. The number of nitrogens with zero attached hydrogens (tertiary/aromatic N) is 1. The van der Waals surface area contributed by atoms with Crippen LogP contribution in [0.2, 0.25) is 0 Å². The smallest absolute Gasteiger partial charge is 0.192 e. The Morgan fingerprint density at radius 1 is 1.31 bits per heavy atom. The minimum atomic E-state index is -0.322. The molecule has 1 aromatic heterocycles. The van der Waals surface area contributed by atoms with Gasteiger partial charge in [-0.1, -0.05) is 23.5 Å². The average molecular weight is 195 g/mol. The van der Waals surface area contributed by atoms with Crippen molar-refractivity contribution in [2.45, 2.75) is 0 Å². The highest BCUT2D eigenvalue weighted by molar-refractivity contribution is 7.16. The fraction of sp³-hybridized carbons (Fsp3) is 0. The number of halogens is 1. The predicted octanol–water partition coefficient (Wildman–Crippen LogP) is 2.65. The van der Waals surface area contributed by atoms with E-state index in [1.807, 2.05) is 0 Å². The first-order valence-corrected chi connectivity index (χ1v) is 4.49. The molecule has 4 heteroatoms. The number of benzene rings is 1. The first-order chi connectivity index (χ1) is 6.27. The Balaban J connectivity index is 2.52. The van der Waals surface area contributed by atoms with Crippen molar-refractivity contribution in [3.05, 3.63) is 36.3 Å². The van der Waals surface area contributed by atoms with Gasteiger partial charge < -0.3 is 5.11 Å². The molecule has 0 radical (unpaired) electrons. The summed E-state index contributed by atoms with van der Waals surface area (Å²) in [6.45, 7) is 0. The third-order valence-corrected chi connectivity index (χ3v) is 2.43. The molecule has 2 aromatic rings. The van der Waals surface area contributed by atoms with E-state index in [2.05, 4.69) is 4.98 Å². The third-order valence-electron chi connectivity index (χ3n) is 1.60. The van der Waals surface area contributed by atoms with E-state index < -0.39 is 0 Å². The van der Waals surface area contributed by atoms with Gasteiger partial charge in [0.05, 0.1) is 6.20 Å². The average Bonchev–Trinajstić information content (AvgIpc) is 2.53. The van der Waals surface area contributed by atoms with Crippen LogP contribution >= 0.6 is 11.3 Å². The molecule has 0 amide bonds. The maximum Gasteiger partial charge on any atom is 0.192 e. The summed E-state index contributed by atoms with van der Waals surface area (Å²) in [6.07, 6.45) is 1.31. The first kappa shape index (κ1) is 8.19. The maximum atomic E-state index is 13.2. The highest BCUT2D eigenvalue weighted by Gasteiger charge is 2.07. The third kappa shape index (κ3) is 1.53. The van der Waals surface area contributed by atoms with Gasteiger partial charge in [-0.3, -0.25) is 0 Å². The minimum Gasteiger partial charge on any atom is -0.498 e. The Morgan fingerprint density at radius 3 is 2.69 bits per heavy atom. The molecule has 13 heavy (non-hydrogen) atoms. The summed E-state index contributed by atoms with van der Waals surface area (Å²) in [5.41, 5.74) is 0.424. The molecular weight excluding hydrogens is 189 g/mol. The topological polar surface area (TPSA) is 33.1 Å². The molecule has 0 aliphatic heterocycles. The molecule has 0 saturated carbocycles. The van der Waals surface area contributed by atoms with E-state index in [0.717, 1.165) is 11.3 Å². The van der Waals surface area contributed by atoms with Crippen LogP contribution in [-0.2, 0) is 0 Å². The van der Waals surface area contributed by atoms with Crippen molar-refractivity contribution >= 4 is 11.3 Å². The van der Waals surface area contributed by atoms with Crippen molar-refractivity contribution < 1.29 is 9.50 Å². The Morgan fingerprint density at radius 2 is 2.08 bits per heavy atom. The van der Waals surface area contributed by atoms with E-state index in [1.54, 1.807) is 18.2 Å². The number of thiazole rings is 1. The molecule has 0 fully saturated rings. The molecule has 0 aliphatic rings. The van der Waals surface area contributed by atoms with Gasteiger partial charge in [0, 0.05) is 5.56 Å². The van der Waals surface area contributed by atoms with Crippen LogP contribution < -0.4 is 0 Å². The Kier molecular flexibility index (Phi) is 1.98. The quantitative estimate of drug-likeness (QED) is 0.758. The van der Waals surface area contributed by atoms with Crippen molar-refractivity contribution in [3.63, 3.8) is 0 Å². The van der Waals surface area contributed by atoms with Gasteiger partial charge in [0.1, 0.15) is 10.8 Å². The van der Waals surface area contributed by atoms with Crippen LogP contribution in [0, 0.1) is 5.82 Å². The summed E-state index contributed by atoms with van der Waals surface area (Å²) >= 11 is 1.06. The number of aromatic nitrogens is 1. The summed E-state index contributed by atoms with van der Waals surface area (Å²) < 4.78 is 13.2. The monoisotopic (exact) mass is 195 g/mol. The molecule has 1 heterocycles. The van der Waals surface area contributed by atoms with Gasteiger partial charge in [0.15, 0.2) is 5.06 Å². The summed E-state index contributed by atoms with van der Waals surface area (Å²) in [5, 5.41) is 9.63. The zero-order valence-electron chi connectivity index (χ0n) is 6.57. The van der Waals surface area contributed by atoms with Crippen molar-refractivity contribution in [2.75, 3.05) is 0 Å². The van der Waals surface area contributed by atoms with Crippen LogP contribution in [0.5, 0.6) is 5.06 Å². The normalized spacial score (nSPS) is 10.2. The van der Waals surface area contributed by atoms with Crippen LogP contribution in [0.4, 0.5) is 4.39 Å². The first-order valence-electron chi connectivity index (χ1n) is 3.67. The second-order valence-electron chi connectivity index (χ2n) is 2.48. The van der Waals surface area contributed by atoms with Crippen LogP contribution in [0.15, 0.2) is 30.5 Å². The van der Waals surface area contributed by atoms with Gasteiger partial charge in [-0.05, 0) is 12.1 Å². The molecule has 0 aliphatic carbocycles. The predicted molar refractivity (Wildman–Crippen MR) is 49.2 cm³/mol. The van der Waals surface area contributed by atoms with Crippen molar-refractivity contribution in [1.82, 2.24) is 4.98 Å². The van der Waals surface area contributed by atoms with Crippen LogP contribution in [0.25, 0.3) is 10.6 Å². The van der Waals surface area contributed by atoms with Crippen LogP contribution in [0.1, 0.15) is 0 Å². The summed E-state index contributed by atoms with van der Waals surface area (Å²) in [6, 6.07) is 6.35. The highest BCUT2D eigenvalue weighted by Crippen LogP contribution is 2.30. The van der Waals surface area contributed by atoms with Crippen molar-refractivity contribution in [1.29, 1.82) is 0 Å². The molecular formula is C9H6FNOS. The number of hydrogen-bond acceptors (Lipinski definition) is 3. The van der Waals surface area contributed by atoms with Gasteiger partial charge >= 0.3 is 0 Å². The molecule has 2 nitrogen and oxygen atoms in total. The number of rotatable bonds is 1. The molecule has 2 rings (SSSR count). The van der Waals surface area contributed by atoms with Crippen molar-refractivity contribution in [2.24, 2.45) is 0 Å². The van der Waals surface area contributed by atoms with E-state index >= 15 is 0 Å². The van der Waals surface area contributed by atoms with Gasteiger partial charge in [-0.25, -0.2) is 9.37 Å². The lowest BCUT2D eigenvalue weighted by Gasteiger charge is -1.95. The summed E-state index contributed by atoms with van der Waals surface area (Å²) in [5.74, 6) is -0.322. The number of aromatic hydroxyl groups is 1. The van der Waals surface area contributed by atoms with Gasteiger partial charge in [0.25, 0.3) is 0 Å². The Hall–Kier alpha value is -1.42. The molecule has 1 N–H and O–H groups in total. The van der Waals surface area contributed by atoms with Crippen LogP contribution in [-0.4, -0.2) is 10.1 Å². The standard InChI is InChI=1S/C9H6FNOS/c10-7-4-2-1-3-6(7)9-11-5-8(12)13-9/h1-5,12H. The maximum absolute atomic E-state index is 13.2.